The fourth-order valence-electron chi connectivity index (χ4n) is 4.81. The summed E-state index contributed by atoms with van der Waals surface area (Å²) in [7, 11) is 0. The maximum atomic E-state index is 13.1. The summed E-state index contributed by atoms with van der Waals surface area (Å²) in [5.74, 6) is 2.01. The lowest BCUT2D eigenvalue weighted by Gasteiger charge is -2.37. The molecular weight excluding hydrogens is 456 g/mol. The van der Waals surface area contributed by atoms with Crippen LogP contribution in [0.15, 0.2) is 67.3 Å². The van der Waals surface area contributed by atoms with Crippen LogP contribution in [0.5, 0.6) is 5.75 Å². The number of ether oxygens (including phenoxy) is 1. The maximum Gasteiger partial charge on any atom is 0.251 e. The van der Waals surface area contributed by atoms with Crippen LogP contribution < -0.4 is 20.7 Å². The molecule has 0 aliphatic carbocycles. The molecule has 6 rings (SSSR count). The van der Waals surface area contributed by atoms with Crippen LogP contribution in [0.1, 0.15) is 40.6 Å². The van der Waals surface area contributed by atoms with E-state index in [1.807, 2.05) is 42.5 Å². The number of carbonyl (C=O) groups excluding carboxylic acids is 1. The Hall–Kier alpha value is -4.31. The number of aromatic amines is 1. The lowest BCUT2D eigenvalue weighted by molar-refractivity contribution is 0.0930. The van der Waals surface area contributed by atoms with E-state index in [4.69, 9.17) is 9.72 Å². The van der Waals surface area contributed by atoms with Crippen molar-refractivity contribution in [2.75, 3.05) is 25.0 Å². The summed E-state index contributed by atoms with van der Waals surface area (Å²) < 4.78 is 5.68. The quantitative estimate of drug-likeness (QED) is 0.330. The van der Waals surface area contributed by atoms with Gasteiger partial charge in [-0.05, 0) is 62.3 Å². The molecule has 10 nitrogen and oxygen atoms in total. The summed E-state index contributed by atoms with van der Waals surface area (Å²) in [4.78, 5) is 26.2. The molecule has 0 bridgehead atoms. The number of fused-ring (bicyclic) bond motifs is 1. The molecule has 1 atom stereocenters. The highest BCUT2D eigenvalue weighted by molar-refractivity contribution is 5.95. The molecule has 1 amide bonds. The van der Waals surface area contributed by atoms with E-state index in [1.54, 1.807) is 24.8 Å². The Bertz CT molecular complexity index is 1370. The largest absolute Gasteiger partial charge is 0.491 e. The van der Waals surface area contributed by atoms with Crippen LogP contribution in [0.3, 0.4) is 0 Å². The van der Waals surface area contributed by atoms with Gasteiger partial charge in [0.1, 0.15) is 12.4 Å². The van der Waals surface area contributed by atoms with E-state index in [0.717, 1.165) is 54.3 Å². The molecule has 1 fully saturated rings. The van der Waals surface area contributed by atoms with Gasteiger partial charge in [-0.2, -0.15) is 5.10 Å². The molecule has 1 aromatic carbocycles. The number of hydrogen-bond donors (Lipinski definition) is 4. The zero-order valence-electron chi connectivity index (χ0n) is 19.6. The lowest BCUT2D eigenvalue weighted by Crippen LogP contribution is -2.46. The second kappa shape index (κ2) is 9.38. The van der Waals surface area contributed by atoms with Gasteiger partial charge in [-0.3, -0.25) is 19.9 Å². The Balaban J connectivity index is 1.23. The van der Waals surface area contributed by atoms with Gasteiger partial charge >= 0.3 is 0 Å². The predicted octanol–water partition coefficient (Wildman–Crippen LogP) is 2.82. The van der Waals surface area contributed by atoms with Gasteiger partial charge in [0.2, 0.25) is 0 Å². The van der Waals surface area contributed by atoms with Crippen LogP contribution in [0.4, 0.5) is 5.69 Å². The van der Waals surface area contributed by atoms with Crippen LogP contribution in [0.25, 0.3) is 11.4 Å². The molecule has 2 aliphatic heterocycles. The summed E-state index contributed by atoms with van der Waals surface area (Å²) in [6.07, 6.45) is 8.52. The van der Waals surface area contributed by atoms with Gasteiger partial charge in [-0.15, -0.1) is 0 Å². The molecule has 3 aromatic heterocycles. The van der Waals surface area contributed by atoms with Gasteiger partial charge < -0.3 is 20.7 Å². The van der Waals surface area contributed by atoms with Crippen molar-refractivity contribution in [2.45, 2.75) is 24.4 Å². The third-order valence-corrected chi connectivity index (χ3v) is 6.74. The van der Waals surface area contributed by atoms with Crippen molar-refractivity contribution in [1.29, 1.82) is 0 Å². The Morgan fingerprint density at radius 2 is 1.89 bits per heavy atom. The van der Waals surface area contributed by atoms with E-state index in [-0.39, 0.29) is 11.9 Å². The molecule has 0 radical (unpaired) electrons. The van der Waals surface area contributed by atoms with E-state index in [0.29, 0.717) is 18.0 Å². The second-order valence-corrected chi connectivity index (χ2v) is 9.03. The smallest absolute Gasteiger partial charge is 0.251 e. The number of aromatic nitrogens is 5. The van der Waals surface area contributed by atoms with Crippen molar-refractivity contribution in [3.05, 3.63) is 84.2 Å². The molecule has 10 heteroatoms. The molecule has 2 aliphatic rings. The Morgan fingerprint density at radius 1 is 1.06 bits per heavy atom. The first-order chi connectivity index (χ1) is 17.7. The number of anilines is 1. The number of amides is 1. The molecule has 0 unspecified atom stereocenters. The van der Waals surface area contributed by atoms with Crippen LogP contribution in [0.2, 0.25) is 0 Å². The molecule has 1 saturated heterocycles. The highest BCUT2D eigenvalue weighted by Crippen LogP contribution is 2.34. The number of carbonyl (C=O) groups is 1. The number of rotatable bonds is 6. The first kappa shape index (κ1) is 22.2. The van der Waals surface area contributed by atoms with Gasteiger partial charge in [0.15, 0.2) is 11.6 Å². The van der Waals surface area contributed by atoms with Crippen molar-refractivity contribution in [2.24, 2.45) is 0 Å². The van der Waals surface area contributed by atoms with E-state index < -0.39 is 5.54 Å². The van der Waals surface area contributed by atoms with E-state index in [2.05, 4.69) is 36.1 Å². The standard InChI is InChI=1S/C26H26N8O2/c35-24(30-21-16-36-22-6-11-29-15-20(21)22)18-2-1-3-19(14-18)32-26(7-12-28-13-8-26)25-31-23(33-34-25)17-4-9-27-10-5-17/h1-6,9-11,14-15,21,28,32H,7-8,12-13,16H2,(H,30,35)(H,31,33,34)/t21-/m0/s1. The molecular formula is C26H26N8O2. The summed E-state index contributed by atoms with van der Waals surface area (Å²) in [6.45, 7) is 2.08. The van der Waals surface area contributed by atoms with Crippen LogP contribution >= 0.6 is 0 Å². The Labute approximate surface area is 207 Å². The molecule has 4 N–H and O–H groups in total. The summed E-state index contributed by atoms with van der Waals surface area (Å²) >= 11 is 0. The second-order valence-electron chi connectivity index (χ2n) is 9.03. The average molecular weight is 483 g/mol. The van der Waals surface area contributed by atoms with Crippen molar-refractivity contribution < 1.29 is 9.53 Å². The number of nitrogens with one attached hydrogen (secondary N) is 4. The fraction of sp³-hybridized carbons (Fsp3) is 0.269. The first-order valence-corrected chi connectivity index (χ1v) is 12.0. The van der Waals surface area contributed by atoms with Crippen molar-refractivity contribution >= 4 is 11.6 Å². The minimum Gasteiger partial charge on any atom is -0.491 e. The highest BCUT2D eigenvalue weighted by atomic mass is 16.5. The molecule has 5 heterocycles. The van der Waals surface area contributed by atoms with Crippen LogP contribution in [-0.4, -0.2) is 50.8 Å². The van der Waals surface area contributed by atoms with Gasteiger partial charge in [0.25, 0.3) is 5.91 Å². The molecule has 36 heavy (non-hydrogen) atoms. The van der Waals surface area contributed by atoms with Crippen molar-refractivity contribution in [3.8, 4) is 17.1 Å². The van der Waals surface area contributed by atoms with Gasteiger partial charge in [0, 0.05) is 47.2 Å². The summed E-state index contributed by atoms with van der Waals surface area (Å²) in [5.41, 5.74) is 2.77. The molecule has 182 valence electrons. The first-order valence-electron chi connectivity index (χ1n) is 12.0. The Kier molecular flexibility index (Phi) is 5.78. The minimum absolute atomic E-state index is 0.164. The fourth-order valence-corrected chi connectivity index (χ4v) is 4.81. The predicted molar refractivity (Wildman–Crippen MR) is 133 cm³/mol. The topological polar surface area (TPSA) is 130 Å². The van der Waals surface area contributed by atoms with E-state index in [1.165, 1.54) is 0 Å². The lowest BCUT2D eigenvalue weighted by atomic mass is 9.87. The number of piperidine rings is 1. The highest BCUT2D eigenvalue weighted by Gasteiger charge is 2.37. The van der Waals surface area contributed by atoms with Gasteiger partial charge in [0.05, 0.1) is 11.6 Å². The summed E-state index contributed by atoms with van der Waals surface area (Å²) in [5, 5.41) is 17.8. The Morgan fingerprint density at radius 3 is 2.75 bits per heavy atom. The zero-order chi connectivity index (χ0) is 24.4. The number of pyridine rings is 2. The normalized spacial score (nSPS) is 18.2. The number of hydrogen-bond acceptors (Lipinski definition) is 8. The van der Waals surface area contributed by atoms with Crippen LogP contribution in [0, 0.1) is 0 Å². The molecule has 4 aromatic rings. The van der Waals surface area contributed by atoms with E-state index in [9.17, 15) is 4.79 Å². The van der Waals surface area contributed by atoms with Crippen LogP contribution in [-0.2, 0) is 5.54 Å². The number of nitrogens with zero attached hydrogens (tertiary/aromatic N) is 4. The minimum atomic E-state index is -0.442. The summed E-state index contributed by atoms with van der Waals surface area (Å²) in [6, 6.07) is 12.9. The zero-order valence-corrected chi connectivity index (χ0v) is 19.6. The third kappa shape index (κ3) is 4.27. The monoisotopic (exact) mass is 482 g/mol. The molecule has 0 spiro atoms. The number of H-pyrrole nitrogens is 1. The third-order valence-electron chi connectivity index (χ3n) is 6.74. The maximum absolute atomic E-state index is 13.1. The number of benzene rings is 1. The average Bonchev–Trinajstić information content (AvgIpc) is 3.59. The SMILES string of the molecule is O=C(N[C@H]1COc2ccncc21)c1cccc(NC2(c3nc(-c4ccncc4)n[nH]3)CCNCC2)c1. The van der Waals surface area contributed by atoms with E-state index >= 15 is 0 Å². The van der Waals surface area contributed by atoms with Crippen molar-refractivity contribution in [3.63, 3.8) is 0 Å². The van der Waals surface area contributed by atoms with Gasteiger partial charge in [-0.25, -0.2) is 4.98 Å². The van der Waals surface area contributed by atoms with Crippen molar-refractivity contribution in [1.82, 2.24) is 35.8 Å². The molecule has 0 saturated carbocycles. The van der Waals surface area contributed by atoms with Gasteiger partial charge in [-0.1, -0.05) is 6.07 Å².